The average molecular weight is 351 g/mol. The van der Waals surface area contributed by atoms with Crippen molar-refractivity contribution in [3.63, 3.8) is 0 Å². The normalized spacial score (nSPS) is 17.9. The van der Waals surface area contributed by atoms with E-state index in [0.29, 0.717) is 0 Å². The molecule has 3 aromatic rings. The number of fused-ring (bicyclic) bond motifs is 2. The molecule has 0 amide bonds. The highest BCUT2D eigenvalue weighted by Crippen LogP contribution is 2.32. The van der Waals surface area contributed by atoms with Crippen LogP contribution in [0.15, 0.2) is 35.4 Å². The SMILES string of the molecule is CN1NCc2c(N3CCC(n4c(=O)[nH]c5ccccc54)CC3)ncnc21. The van der Waals surface area contributed by atoms with Gasteiger partial charge in [0.2, 0.25) is 0 Å². The van der Waals surface area contributed by atoms with Gasteiger partial charge in [0.15, 0.2) is 5.82 Å². The highest BCUT2D eigenvalue weighted by Gasteiger charge is 2.28. The maximum absolute atomic E-state index is 12.4. The third-order valence-electron chi connectivity index (χ3n) is 5.46. The molecule has 2 aliphatic heterocycles. The van der Waals surface area contributed by atoms with Crippen LogP contribution in [0.4, 0.5) is 11.6 Å². The van der Waals surface area contributed by atoms with E-state index in [2.05, 4.69) is 25.3 Å². The van der Waals surface area contributed by atoms with Crippen molar-refractivity contribution in [2.45, 2.75) is 25.4 Å². The Morgan fingerprint density at radius 2 is 1.88 bits per heavy atom. The second-order valence-electron chi connectivity index (χ2n) is 6.93. The quantitative estimate of drug-likeness (QED) is 0.727. The van der Waals surface area contributed by atoms with Crippen LogP contribution in [0.3, 0.4) is 0 Å². The van der Waals surface area contributed by atoms with Crippen LogP contribution in [-0.4, -0.2) is 39.7 Å². The van der Waals surface area contributed by atoms with Gasteiger partial charge in [-0.25, -0.2) is 20.2 Å². The fraction of sp³-hybridized carbons (Fsp3) is 0.389. The van der Waals surface area contributed by atoms with E-state index in [9.17, 15) is 4.79 Å². The van der Waals surface area contributed by atoms with E-state index in [-0.39, 0.29) is 11.7 Å². The van der Waals surface area contributed by atoms with Crippen LogP contribution in [0.2, 0.25) is 0 Å². The zero-order valence-electron chi connectivity index (χ0n) is 14.6. The van der Waals surface area contributed by atoms with Crippen molar-refractivity contribution in [1.82, 2.24) is 24.9 Å². The van der Waals surface area contributed by atoms with Gasteiger partial charge in [0.25, 0.3) is 0 Å². The van der Waals surface area contributed by atoms with Crippen LogP contribution in [0.25, 0.3) is 11.0 Å². The smallest absolute Gasteiger partial charge is 0.326 e. The molecule has 5 rings (SSSR count). The van der Waals surface area contributed by atoms with Crippen molar-refractivity contribution in [1.29, 1.82) is 0 Å². The molecule has 134 valence electrons. The van der Waals surface area contributed by atoms with Gasteiger partial charge in [-0.2, -0.15) is 0 Å². The molecule has 8 heteroatoms. The Balaban J connectivity index is 1.40. The second kappa shape index (κ2) is 5.84. The highest BCUT2D eigenvalue weighted by molar-refractivity contribution is 5.75. The molecule has 0 atom stereocenters. The molecular weight excluding hydrogens is 330 g/mol. The van der Waals surface area contributed by atoms with Crippen LogP contribution < -0.4 is 21.0 Å². The lowest BCUT2D eigenvalue weighted by Crippen LogP contribution is -2.37. The number of hydrogen-bond acceptors (Lipinski definition) is 6. The van der Waals surface area contributed by atoms with Gasteiger partial charge in [-0.15, -0.1) is 0 Å². The fourth-order valence-electron chi connectivity index (χ4n) is 4.16. The van der Waals surface area contributed by atoms with E-state index in [1.807, 2.05) is 40.9 Å². The molecular formula is C18H21N7O. The van der Waals surface area contributed by atoms with Gasteiger partial charge in [0, 0.05) is 32.7 Å². The first-order valence-corrected chi connectivity index (χ1v) is 8.97. The summed E-state index contributed by atoms with van der Waals surface area (Å²) >= 11 is 0. The number of piperidine rings is 1. The van der Waals surface area contributed by atoms with E-state index < -0.39 is 0 Å². The minimum absolute atomic E-state index is 0.0154. The number of benzene rings is 1. The zero-order valence-corrected chi connectivity index (χ0v) is 14.6. The largest absolute Gasteiger partial charge is 0.356 e. The average Bonchev–Trinajstić information content (AvgIpc) is 3.21. The standard InChI is InChI=1S/C18H21N7O/c1-23-16-13(10-21-23)17(20-11-19-16)24-8-6-12(7-9-24)25-15-5-3-2-4-14(15)22-18(25)26/h2-5,11-12,21H,6-10H2,1H3,(H,22,26). The number of hydrazine groups is 1. The molecule has 0 radical (unpaired) electrons. The lowest BCUT2D eigenvalue weighted by Gasteiger charge is -2.34. The van der Waals surface area contributed by atoms with Gasteiger partial charge in [-0.05, 0) is 25.0 Å². The first-order chi connectivity index (χ1) is 12.7. The van der Waals surface area contributed by atoms with Crippen molar-refractivity contribution in [2.75, 3.05) is 30.0 Å². The van der Waals surface area contributed by atoms with Crippen molar-refractivity contribution in [3.05, 3.63) is 46.6 Å². The predicted octanol–water partition coefficient (Wildman–Crippen LogP) is 1.42. The van der Waals surface area contributed by atoms with Crippen LogP contribution in [0.5, 0.6) is 0 Å². The number of nitrogens with zero attached hydrogens (tertiary/aromatic N) is 5. The van der Waals surface area contributed by atoms with E-state index in [4.69, 9.17) is 0 Å². The maximum atomic E-state index is 12.4. The van der Waals surface area contributed by atoms with Crippen molar-refractivity contribution >= 4 is 22.7 Å². The molecule has 8 nitrogen and oxygen atoms in total. The van der Waals surface area contributed by atoms with Crippen LogP contribution in [0, 0.1) is 0 Å². The molecule has 1 aromatic carbocycles. The number of H-pyrrole nitrogens is 1. The van der Waals surface area contributed by atoms with Crippen LogP contribution in [0.1, 0.15) is 24.4 Å². The molecule has 4 heterocycles. The third kappa shape index (κ3) is 2.29. The van der Waals surface area contributed by atoms with Crippen LogP contribution in [-0.2, 0) is 6.54 Å². The summed E-state index contributed by atoms with van der Waals surface area (Å²) in [5, 5.41) is 1.94. The Bertz CT molecular complexity index is 1020. The second-order valence-corrected chi connectivity index (χ2v) is 6.93. The Kier molecular flexibility index (Phi) is 3.46. The molecule has 2 N–H and O–H groups in total. The van der Waals surface area contributed by atoms with Crippen molar-refractivity contribution in [3.8, 4) is 0 Å². The molecule has 26 heavy (non-hydrogen) atoms. The Morgan fingerprint density at radius 3 is 2.73 bits per heavy atom. The van der Waals surface area contributed by atoms with Gasteiger partial charge in [-0.3, -0.25) is 9.58 Å². The minimum atomic E-state index is -0.0154. The molecule has 2 aromatic heterocycles. The summed E-state index contributed by atoms with van der Waals surface area (Å²) in [6.45, 7) is 2.51. The summed E-state index contributed by atoms with van der Waals surface area (Å²) in [5.41, 5.74) is 6.31. The maximum Gasteiger partial charge on any atom is 0.326 e. The summed E-state index contributed by atoms with van der Waals surface area (Å²) in [5.74, 6) is 1.96. The number of hydrogen-bond donors (Lipinski definition) is 2. The molecule has 1 saturated heterocycles. The topological polar surface area (TPSA) is 82.1 Å². The van der Waals surface area contributed by atoms with Gasteiger partial charge < -0.3 is 9.88 Å². The summed E-state index contributed by atoms with van der Waals surface area (Å²) < 4.78 is 1.92. The molecule has 1 fully saturated rings. The molecule has 0 bridgehead atoms. The lowest BCUT2D eigenvalue weighted by molar-refractivity contribution is 0.395. The Morgan fingerprint density at radius 1 is 1.12 bits per heavy atom. The Hall–Kier alpha value is -2.87. The van der Waals surface area contributed by atoms with Gasteiger partial charge in [0.1, 0.15) is 12.1 Å². The fourth-order valence-corrected chi connectivity index (χ4v) is 4.16. The van der Waals surface area contributed by atoms with Crippen LogP contribution >= 0.6 is 0 Å². The Labute approximate surface area is 150 Å². The van der Waals surface area contributed by atoms with Crippen molar-refractivity contribution < 1.29 is 0 Å². The number of anilines is 2. The predicted molar refractivity (Wildman–Crippen MR) is 100 cm³/mol. The molecule has 0 unspecified atom stereocenters. The zero-order chi connectivity index (χ0) is 17.7. The minimum Gasteiger partial charge on any atom is -0.356 e. The number of aromatic amines is 1. The number of rotatable bonds is 2. The van der Waals surface area contributed by atoms with E-state index >= 15 is 0 Å². The van der Waals surface area contributed by atoms with E-state index in [0.717, 1.165) is 60.7 Å². The van der Waals surface area contributed by atoms with E-state index in [1.54, 1.807) is 6.33 Å². The molecule has 0 spiro atoms. The number of aromatic nitrogens is 4. The third-order valence-corrected chi connectivity index (χ3v) is 5.46. The monoisotopic (exact) mass is 351 g/mol. The molecule has 2 aliphatic rings. The summed E-state index contributed by atoms with van der Waals surface area (Å²) in [6.07, 6.45) is 3.47. The van der Waals surface area contributed by atoms with E-state index in [1.165, 1.54) is 0 Å². The first kappa shape index (κ1) is 15.4. The molecule has 0 aliphatic carbocycles. The number of imidazole rings is 1. The lowest BCUT2D eigenvalue weighted by atomic mass is 10.0. The number of nitrogens with one attached hydrogen (secondary N) is 2. The molecule has 0 saturated carbocycles. The van der Waals surface area contributed by atoms with Gasteiger partial charge in [-0.1, -0.05) is 12.1 Å². The summed E-state index contributed by atoms with van der Waals surface area (Å²) in [7, 11) is 1.97. The first-order valence-electron chi connectivity index (χ1n) is 8.97. The highest BCUT2D eigenvalue weighted by atomic mass is 16.1. The van der Waals surface area contributed by atoms with Gasteiger partial charge >= 0.3 is 5.69 Å². The van der Waals surface area contributed by atoms with Gasteiger partial charge in [0.05, 0.1) is 16.6 Å². The number of para-hydroxylation sites is 2. The summed E-state index contributed by atoms with van der Waals surface area (Å²) in [4.78, 5) is 26.6. The van der Waals surface area contributed by atoms with Crippen molar-refractivity contribution in [2.24, 2.45) is 0 Å². The summed E-state index contributed by atoms with van der Waals surface area (Å²) in [6, 6.07) is 8.11.